The SMILES string of the molecule is Bc1cc(B)c(C(=O)Cl)cc1C[C@@]12C=C1C2(F)CCl. The van der Waals surface area contributed by atoms with Gasteiger partial charge in [0.15, 0.2) is 5.67 Å². The average molecular weight is 295 g/mol. The summed E-state index contributed by atoms with van der Waals surface area (Å²) in [6.45, 7) is 0. The van der Waals surface area contributed by atoms with Crippen molar-refractivity contribution in [3.8, 4) is 0 Å². The second-order valence-electron chi connectivity index (χ2n) is 5.51. The Balaban J connectivity index is 1.91. The van der Waals surface area contributed by atoms with Crippen LogP contribution in [0.4, 0.5) is 4.39 Å². The van der Waals surface area contributed by atoms with Crippen LogP contribution in [0.1, 0.15) is 15.9 Å². The highest BCUT2D eigenvalue weighted by atomic mass is 35.5. The first kappa shape index (κ1) is 13.3. The molecule has 1 fully saturated rings. The molecule has 1 nitrogen and oxygen atoms in total. The first-order chi connectivity index (χ1) is 8.85. The van der Waals surface area contributed by atoms with Crippen LogP contribution >= 0.6 is 23.2 Å². The summed E-state index contributed by atoms with van der Waals surface area (Å²) in [6.07, 6.45) is 2.49. The monoisotopic (exact) mass is 294 g/mol. The van der Waals surface area contributed by atoms with E-state index in [2.05, 4.69) is 0 Å². The molecule has 19 heavy (non-hydrogen) atoms. The molecule has 0 amide bonds. The van der Waals surface area contributed by atoms with E-state index in [4.69, 9.17) is 23.2 Å². The molecule has 0 bridgehead atoms. The lowest BCUT2D eigenvalue weighted by Crippen LogP contribution is -2.26. The molecule has 3 rings (SSSR count). The van der Waals surface area contributed by atoms with E-state index >= 15 is 0 Å². The van der Waals surface area contributed by atoms with Crippen LogP contribution in [0.3, 0.4) is 0 Å². The van der Waals surface area contributed by atoms with E-state index in [9.17, 15) is 9.18 Å². The van der Waals surface area contributed by atoms with Gasteiger partial charge in [-0.3, -0.25) is 4.79 Å². The number of hydrogen-bond acceptors (Lipinski definition) is 1. The van der Waals surface area contributed by atoms with Crippen molar-refractivity contribution < 1.29 is 9.18 Å². The number of allylic oxidation sites excluding steroid dienone is 2. The maximum Gasteiger partial charge on any atom is 0.251 e. The Kier molecular flexibility index (Phi) is 2.72. The number of carbonyl (C=O) groups excluding carboxylic acids is 1. The minimum atomic E-state index is -1.32. The summed E-state index contributed by atoms with van der Waals surface area (Å²) in [5, 5.41) is -0.472. The smallest absolute Gasteiger partial charge is 0.251 e. The quantitative estimate of drug-likeness (QED) is 0.331. The Hall–Kier alpha value is -0.730. The van der Waals surface area contributed by atoms with Gasteiger partial charge in [-0.25, -0.2) is 4.39 Å². The lowest BCUT2D eigenvalue weighted by molar-refractivity contribution is 0.108. The van der Waals surface area contributed by atoms with E-state index in [-0.39, 0.29) is 5.88 Å². The zero-order valence-electron chi connectivity index (χ0n) is 10.7. The van der Waals surface area contributed by atoms with E-state index < -0.39 is 16.3 Å². The predicted molar refractivity (Wildman–Crippen MR) is 81.8 cm³/mol. The molecule has 96 valence electrons. The number of carbonyl (C=O) groups is 1. The Labute approximate surface area is 123 Å². The third kappa shape index (κ3) is 1.66. The Morgan fingerprint density at radius 2 is 2.00 bits per heavy atom. The van der Waals surface area contributed by atoms with E-state index in [1.54, 1.807) is 6.07 Å². The van der Waals surface area contributed by atoms with E-state index in [0.717, 1.165) is 22.1 Å². The van der Waals surface area contributed by atoms with Crippen molar-refractivity contribution in [1.82, 2.24) is 0 Å². The molecule has 0 spiro atoms. The number of benzene rings is 1. The van der Waals surface area contributed by atoms with Crippen LogP contribution in [0.5, 0.6) is 0 Å². The third-order valence-corrected chi connectivity index (χ3v) is 4.98. The van der Waals surface area contributed by atoms with Crippen LogP contribution in [0.2, 0.25) is 0 Å². The molecule has 0 aromatic heterocycles. The van der Waals surface area contributed by atoms with Crippen LogP contribution in [-0.4, -0.2) is 32.5 Å². The molecule has 0 N–H and O–H groups in total. The second kappa shape index (κ2) is 3.89. The molecule has 6 heteroatoms. The van der Waals surface area contributed by atoms with Gasteiger partial charge in [0.25, 0.3) is 5.24 Å². The van der Waals surface area contributed by atoms with Gasteiger partial charge in [0.2, 0.25) is 0 Å². The van der Waals surface area contributed by atoms with Gasteiger partial charge in [-0.15, -0.1) is 11.6 Å². The first-order valence-corrected chi connectivity index (χ1v) is 7.05. The van der Waals surface area contributed by atoms with Crippen molar-refractivity contribution >= 4 is 55.1 Å². The Morgan fingerprint density at radius 3 is 2.47 bits per heavy atom. The molecular weight excluding hydrogens is 284 g/mol. The molecule has 1 unspecified atom stereocenters. The van der Waals surface area contributed by atoms with Crippen molar-refractivity contribution in [3.63, 3.8) is 0 Å². The van der Waals surface area contributed by atoms with Crippen molar-refractivity contribution in [2.24, 2.45) is 5.41 Å². The first-order valence-electron chi connectivity index (χ1n) is 6.14. The van der Waals surface area contributed by atoms with Gasteiger partial charge in [-0.1, -0.05) is 28.6 Å². The molecule has 1 aromatic rings. The predicted octanol–water partition coefficient (Wildman–Crippen LogP) is 0.0120. The number of hydrogen-bond donors (Lipinski definition) is 0. The normalized spacial score (nSPS) is 30.6. The summed E-state index contributed by atoms with van der Waals surface area (Å²) < 4.78 is 14.2. The van der Waals surface area contributed by atoms with Gasteiger partial charge in [0, 0.05) is 5.56 Å². The molecule has 1 aromatic carbocycles. The zero-order chi connectivity index (χ0) is 14.0. The summed E-state index contributed by atoms with van der Waals surface area (Å²) in [5.74, 6) is 0.00500. The van der Waals surface area contributed by atoms with Crippen molar-refractivity contribution in [2.75, 3.05) is 5.88 Å². The van der Waals surface area contributed by atoms with Crippen molar-refractivity contribution in [1.29, 1.82) is 0 Å². The molecule has 0 aliphatic heterocycles. The van der Waals surface area contributed by atoms with E-state index in [0.29, 0.717) is 12.0 Å². The minimum Gasteiger partial charge on any atom is -0.276 e. The largest absolute Gasteiger partial charge is 0.276 e. The van der Waals surface area contributed by atoms with Crippen LogP contribution in [-0.2, 0) is 6.42 Å². The summed E-state index contributed by atoms with van der Waals surface area (Å²) in [6, 6.07) is 3.71. The third-order valence-electron chi connectivity index (χ3n) is 4.41. The summed E-state index contributed by atoms with van der Waals surface area (Å²) >= 11 is 11.2. The highest BCUT2D eigenvalue weighted by Crippen LogP contribution is 2.79. The van der Waals surface area contributed by atoms with E-state index in [1.165, 1.54) is 0 Å². The van der Waals surface area contributed by atoms with Crippen LogP contribution in [0.15, 0.2) is 23.8 Å². The Bertz CT molecular complexity index is 646. The van der Waals surface area contributed by atoms with Gasteiger partial charge < -0.3 is 0 Å². The fourth-order valence-electron chi connectivity index (χ4n) is 2.97. The topological polar surface area (TPSA) is 17.1 Å². The van der Waals surface area contributed by atoms with Crippen molar-refractivity contribution in [3.05, 3.63) is 34.9 Å². The lowest BCUT2D eigenvalue weighted by Gasteiger charge is -2.16. The van der Waals surface area contributed by atoms with Crippen LogP contribution in [0.25, 0.3) is 0 Å². The van der Waals surface area contributed by atoms with E-state index in [1.807, 2.05) is 27.8 Å². The average Bonchev–Trinajstić information content (AvgIpc) is 3.19. The maximum atomic E-state index is 14.2. The molecule has 0 heterocycles. The molecule has 2 atom stereocenters. The second-order valence-corrected chi connectivity index (χ2v) is 6.12. The minimum absolute atomic E-state index is 0.00500. The van der Waals surface area contributed by atoms with Gasteiger partial charge in [0.05, 0.1) is 11.3 Å². The molecule has 2 aliphatic carbocycles. The Morgan fingerprint density at radius 1 is 1.32 bits per heavy atom. The van der Waals surface area contributed by atoms with Gasteiger partial charge >= 0.3 is 0 Å². The lowest BCUT2D eigenvalue weighted by atomic mass is 9.78. The summed E-state index contributed by atoms with van der Waals surface area (Å²) in [4.78, 5) is 11.4. The highest BCUT2D eigenvalue weighted by molar-refractivity contribution is 6.69. The fourth-order valence-corrected chi connectivity index (χ4v) is 3.55. The zero-order valence-corrected chi connectivity index (χ0v) is 12.2. The standard InChI is InChI=1S/C13H11B2Cl2FO/c14-8-2-9(15)7(11(17)19)1-6(8)3-12-4-10(12)13(12,18)5-16/h1-2,4H,3,5,14-15H2/t12-,13?/m1/s1. The summed E-state index contributed by atoms with van der Waals surface area (Å²) in [7, 11) is 3.81. The maximum absolute atomic E-state index is 14.2. The molecule has 0 radical (unpaired) electrons. The van der Waals surface area contributed by atoms with Crippen LogP contribution < -0.4 is 10.9 Å². The number of fused-ring (bicyclic) bond motifs is 1. The highest BCUT2D eigenvalue weighted by Gasteiger charge is 2.82. The van der Waals surface area contributed by atoms with Gasteiger partial charge in [0.1, 0.15) is 15.7 Å². The number of halogens is 3. The number of rotatable bonds is 4. The van der Waals surface area contributed by atoms with Gasteiger partial charge in [-0.2, -0.15) is 0 Å². The van der Waals surface area contributed by atoms with Crippen LogP contribution in [0, 0.1) is 5.41 Å². The fraction of sp³-hybridized carbons (Fsp3) is 0.308. The molecule has 1 saturated carbocycles. The number of alkyl halides is 2. The van der Waals surface area contributed by atoms with Gasteiger partial charge in [-0.05, 0) is 29.7 Å². The molecule has 0 saturated heterocycles. The summed E-state index contributed by atoms with van der Waals surface area (Å²) in [5.41, 5.74) is 2.38. The van der Waals surface area contributed by atoms with Crippen molar-refractivity contribution in [2.45, 2.75) is 12.1 Å². The molecular formula is C13H11B2Cl2FO. The molecule has 2 aliphatic rings.